The van der Waals surface area contributed by atoms with E-state index in [2.05, 4.69) is 15.9 Å². The van der Waals surface area contributed by atoms with Gasteiger partial charge in [-0.3, -0.25) is 0 Å². The monoisotopic (exact) mass is 456 g/mol. The number of para-hydroxylation sites is 1. The number of hydrogen-bond acceptors (Lipinski definition) is 3. The van der Waals surface area contributed by atoms with Crippen molar-refractivity contribution >= 4 is 47.5 Å². The van der Waals surface area contributed by atoms with Gasteiger partial charge in [0.15, 0.2) is 0 Å². The summed E-state index contributed by atoms with van der Waals surface area (Å²) in [4.78, 5) is 15.4. The Bertz CT molecular complexity index is 597. The van der Waals surface area contributed by atoms with Gasteiger partial charge in [0, 0.05) is 0 Å². The van der Waals surface area contributed by atoms with E-state index in [1.807, 2.05) is 27.4 Å². The van der Waals surface area contributed by atoms with Crippen molar-refractivity contribution in [3.63, 3.8) is 0 Å². The molecule has 108 valence electrons. The van der Waals surface area contributed by atoms with Crippen molar-refractivity contribution in [1.82, 2.24) is 4.90 Å². The van der Waals surface area contributed by atoms with Crippen LogP contribution in [0.25, 0.3) is 0 Å². The second kappa shape index (κ2) is 4.97. The predicted octanol–water partition coefficient (Wildman–Crippen LogP) is 2.44. The molecule has 0 bridgehead atoms. The number of rotatable bonds is 1. The van der Waals surface area contributed by atoms with Crippen molar-refractivity contribution in [3.05, 3.63) is 29.8 Å². The second-order valence-corrected chi connectivity index (χ2v) is 9.87. The molecule has 0 saturated carbocycles. The Hall–Kier alpha value is -0.640. The molecule has 1 saturated heterocycles. The number of ether oxygens (including phenoxy) is 1. The van der Waals surface area contributed by atoms with Gasteiger partial charge >= 0.3 is 134 Å². The number of methoxy groups -OCH3 is 1. The van der Waals surface area contributed by atoms with E-state index in [1.165, 1.54) is 7.11 Å². The van der Waals surface area contributed by atoms with Gasteiger partial charge in [-0.1, -0.05) is 0 Å². The average molecular weight is 455 g/mol. The van der Waals surface area contributed by atoms with Crippen LogP contribution in [0, 0.1) is 0 Å². The van der Waals surface area contributed by atoms with Crippen molar-refractivity contribution in [2.75, 3.05) is 16.8 Å². The first-order valence-corrected chi connectivity index (χ1v) is 11.4. The van der Waals surface area contributed by atoms with E-state index in [4.69, 9.17) is 4.74 Å². The molecule has 0 radical (unpaired) electrons. The number of carbonyl (C=O) groups excluding carboxylic acids is 1. The summed E-state index contributed by atoms with van der Waals surface area (Å²) in [5, 5.41) is 0. The summed E-state index contributed by atoms with van der Waals surface area (Å²) in [5.74, 6) is 0. The van der Waals surface area contributed by atoms with Gasteiger partial charge < -0.3 is 0 Å². The molecule has 20 heavy (non-hydrogen) atoms. The van der Waals surface area contributed by atoms with Crippen LogP contribution in [-0.4, -0.2) is 50.6 Å². The molecule has 7 heteroatoms. The first-order valence-electron chi connectivity index (χ1n) is 6.26. The van der Waals surface area contributed by atoms with E-state index in [0.717, 1.165) is 17.7 Å². The standard InChI is InChI=1S/C13H15BrN2O3Te/c1-19-12(17)15-8-7-13(14)9-5-3-4-6-10(9)16(11(13)15)20(2)18/h3-6,11H,7-8H2,1-2H3/t11-,13-/m1/s1. The van der Waals surface area contributed by atoms with Crippen LogP contribution in [0.4, 0.5) is 10.5 Å². The number of fused-ring (bicyclic) bond motifs is 3. The normalized spacial score (nSPS) is 27.7. The Morgan fingerprint density at radius 3 is 2.85 bits per heavy atom. The molecular weight excluding hydrogens is 440 g/mol. The van der Waals surface area contributed by atoms with Gasteiger partial charge in [0.1, 0.15) is 0 Å². The number of nitrogens with zero attached hydrogens (tertiary/aromatic N) is 2. The first-order chi connectivity index (χ1) is 9.50. The van der Waals surface area contributed by atoms with Gasteiger partial charge in [-0.05, 0) is 0 Å². The summed E-state index contributed by atoms with van der Waals surface area (Å²) in [7, 11) is 1.38. The van der Waals surface area contributed by atoms with Crippen molar-refractivity contribution in [2.45, 2.75) is 21.9 Å². The van der Waals surface area contributed by atoms with E-state index in [9.17, 15) is 7.90 Å². The van der Waals surface area contributed by atoms with Crippen LogP contribution in [0.3, 0.4) is 0 Å². The third-order valence-corrected chi connectivity index (χ3v) is 7.86. The SMILES string of the molecule is COC(=O)N1CC[C@@]2(Br)c3ccccc3N([Te](C)=O)[C@@H]12. The molecule has 0 aliphatic carbocycles. The Morgan fingerprint density at radius 2 is 2.20 bits per heavy atom. The Balaban J connectivity index is 2.14. The summed E-state index contributed by atoms with van der Waals surface area (Å²) in [6, 6.07) is 7.93. The van der Waals surface area contributed by atoms with Gasteiger partial charge in [-0.25, -0.2) is 0 Å². The molecule has 1 aromatic rings. The molecule has 2 heterocycles. The van der Waals surface area contributed by atoms with E-state index < -0.39 is 19.8 Å². The fourth-order valence-corrected chi connectivity index (χ4v) is 7.38. The van der Waals surface area contributed by atoms with Gasteiger partial charge in [0.25, 0.3) is 0 Å². The van der Waals surface area contributed by atoms with Crippen molar-refractivity contribution < 1.29 is 12.6 Å². The fraction of sp³-hybridized carbons (Fsp3) is 0.462. The quantitative estimate of drug-likeness (QED) is 0.483. The minimum atomic E-state index is -2.68. The second-order valence-electron chi connectivity index (χ2n) is 4.92. The number of benzene rings is 1. The van der Waals surface area contributed by atoms with Gasteiger partial charge in [-0.2, -0.15) is 0 Å². The van der Waals surface area contributed by atoms with Crippen LogP contribution in [0.2, 0.25) is 4.97 Å². The van der Waals surface area contributed by atoms with Crippen LogP contribution in [0.1, 0.15) is 12.0 Å². The zero-order valence-corrected chi connectivity index (χ0v) is 15.1. The van der Waals surface area contributed by atoms with E-state index in [1.54, 1.807) is 9.87 Å². The molecule has 2 aliphatic rings. The number of carbonyl (C=O) groups is 1. The van der Waals surface area contributed by atoms with Crippen LogP contribution < -0.4 is 3.15 Å². The molecule has 0 N–H and O–H groups in total. The number of amides is 1. The van der Waals surface area contributed by atoms with Crippen LogP contribution in [0.5, 0.6) is 0 Å². The predicted molar refractivity (Wildman–Crippen MR) is 79.3 cm³/mol. The summed E-state index contributed by atoms with van der Waals surface area (Å²) in [5.41, 5.74) is 2.08. The van der Waals surface area contributed by atoms with E-state index in [-0.39, 0.29) is 16.6 Å². The topological polar surface area (TPSA) is 49.9 Å². The summed E-state index contributed by atoms with van der Waals surface area (Å²) in [6.07, 6.45) is 0.160. The minimum absolute atomic E-state index is 0.258. The first kappa shape index (κ1) is 14.3. The molecule has 1 aromatic carbocycles. The van der Waals surface area contributed by atoms with Gasteiger partial charge in [0.2, 0.25) is 0 Å². The molecular formula is C13H15BrN2O3Te. The average Bonchev–Trinajstić information content (AvgIpc) is 2.89. The molecule has 0 unspecified atom stereocenters. The molecule has 0 spiro atoms. The van der Waals surface area contributed by atoms with Crippen molar-refractivity contribution in [1.29, 1.82) is 0 Å². The molecule has 0 aromatic heterocycles. The number of anilines is 1. The molecule has 3 rings (SSSR count). The van der Waals surface area contributed by atoms with Crippen LogP contribution in [0.15, 0.2) is 24.3 Å². The van der Waals surface area contributed by atoms with Crippen molar-refractivity contribution in [2.24, 2.45) is 0 Å². The molecule has 2 atom stereocenters. The maximum absolute atomic E-state index is 12.3. The Labute approximate surface area is 133 Å². The summed E-state index contributed by atoms with van der Waals surface area (Å²) >= 11 is 1.13. The van der Waals surface area contributed by atoms with E-state index in [0.29, 0.717) is 6.54 Å². The fourth-order valence-electron chi connectivity index (χ4n) is 3.10. The van der Waals surface area contributed by atoms with Crippen LogP contribution >= 0.6 is 15.9 Å². The third kappa shape index (κ3) is 1.83. The summed E-state index contributed by atoms with van der Waals surface area (Å²) < 4.78 is 18.8. The number of likely N-dealkylation sites (tertiary alicyclic amines) is 1. The number of hydrogen-bond donors (Lipinski definition) is 0. The van der Waals surface area contributed by atoms with E-state index >= 15 is 0 Å². The van der Waals surface area contributed by atoms with Gasteiger partial charge in [-0.15, -0.1) is 0 Å². The number of halogens is 1. The third-order valence-electron chi connectivity index (χ3n) is 3.92. The zero-order valence-electron chi connectivity index (χ0n) is 11.2. The maximum atomic E-state index is 12.3. The molecule has 2 aliphatic heterocycles. The zero-order chi connectivity index (χ0) is 14.5. The van der Waals surface area contributed by atoms with Crippen LogP contribution in [-0.2, 0) is 12.2 Å². The van der Waals surface area contributed by atoms with Gasteiger partial charge in [0.05, 0.1) is 0 Å². The molecule has 1 amide bonds. The Morgan fingerprint density at radius 1 is 1.50 bits per heavy atom. The summed E-state index contributed by atoms with van der Waals surface area (Å²) in [6.45, 7) is 0.597. The van der Waals surface area contributed by atoms with Crippen molar-refractivity contribution in [3.8, 4) is 0 Å². The molecule has 1 fully saturated rings. The Kier molecular flexibility index (Phi) is 3.56. The molecule has 5 nitrogen and oxygen atoms in total. The number of alkyl halides is 1.